The molecule has 0 N–H and O–H groups in total. The number of benzene rings is 4. The van der Waals surface area contributed by atoms with E-state index >= 15 is 0 Å². The molecule has 0 saturated heterocycles. The lowest BCUT2D eigenvalue weighted by Gasteiger charge is -2.33. The van der Waals surface area contributed by atoms with Gasteiger partial charge in [-0.25, -0.2) is 0 Å². The molecule has 27 heavy (non-hydrogen) atoms. The molecule has 6 rings (SSSR count). The van der Waals surface area contributed by atoms with E-state index in [0.717, 1.165) is 39.6 Å². The highest BCUT2D eigenvalue weighted by atomic mass is 16.5. The molecule has 2 aliphatic heterocycles. The van der Waals surface area contributed by atoms with Gasteiger partial charge in [0.15, 0.2) is 0 Å². The van der Waals surface area contributed by atoms with Gasteiger partial charge in [0.25, 0.3) is 6.71 Å². The third kappa shape index (κ3) is 2.15. The van der Waals surface area contributed by atoms with E-state index in [9.17, 15) is 0 Å². The predicted octanol–water partition coefficient (Wildman–Crippen LogP) is 4.08. The molecule has 0 aromatic heterocycles. The van der Waals surface area contributed by atoms with Gasteiger partial charge in [-0.3, -0.25) is 0 Å². The van der Waals surface area contributed by atoms with E-state index in [1.54, 1.807) is 0 Å². The number of ether oxygens (including phenoxy) is 2. The molecule has 0 radical (unpaired) electrons. The Bertz CT molecular complexity index is 1110. The molecule has 0 atom stereocenters. The Labute approximate surface area is 158 Å². The van der Waals surface area contributed by atoms with Crippen LogP contribution in [0.3, 0.4) is 0 Å². The molecular weight excluding hydrogens is 331 g/mol. The second kappa shape index (κ2) is 5.52. The highest BCUT2D eigenvalue weighted by Crippen LogP contribution is 2.37. The predicted molar refractivity (Wildman–Crippen MR) is 110 cm³/mol. The van der Waals surface area contributed by atoms with Crippen molar-refractivity contribution >= 4 is 23.1 Å². The summed E-state index contributed by atoms with van der Waals surface area (Å²) in [5.41, 5.74) is 5.75. The maximum atomic E-state index is 6.32. The van der Waals surface area contributed by atoms with Crippen LogP contribution in [-0.4, -0.2) is 6.71 Å². The van der Waals surface area contributed by atoms with Gasteiger partial charge in [-0.2, -0.15) is 0 Å². The quantitative estimate of drug-likeness (QED) is 0.418. The number of rotatable bonds is 1. The SMILES string of the molecule is c1ccc(-c2cc3c4c(c2)Oc2ccccc2B4c2ccccc2O3)cc1. The lowest BCUT2D eigenvalue weighted by atomic mass is 9.35. The fourth-order valence-corrected chi connectivity index (χ4v) is 4.19. The first-order valence-electron chi connectivity index (χ1n) is 9.15. The summed E-state index contributed by atoms with van der Waals surface area (Å²) in [6, 6.07) is 31.2. The maximum Gasteiger partial charge on any atom is 0.260 e. The zero-order valence-corrected chi connectivity index (χ0v) is 14.6. The van der Waals surface area contributed by atoms with E-state index in [1.165, 1.54) is 10.9 Å². The molecule has 2 aliphatic rings. The standard InChI is InChI=1S/C24H15BO2/c1-2-8-16(9-3-1)17-14-22-24-23(15-17)27-21-13-7-5-11-19(21)25(24)18-10-4-6-12-20(18)26-22/h1-15H. The van der Waals surface area contributed by atoms with E-state index in [1.807, 2.05) is 30.3 Å². The van der Waals surface area contributed by atoms with Gasteiger partial charge in [0.05, 0.1) is 0 Å². The minimum Gasteiger partial charge on any atom is -0.458 e. The largest absolute Gasteiger partial charge is 0.458 e. The molecule has 0 unspecified atom stereocenters. The minimum absolute atomic E-state index is 0.134. The molecule has 0 fully saturated rings. The first-order chi connectivity index (χ1) is 13.4. The van der Waals surface area contributed by atoms with Crippen molar-refractivity contribution in [1.29, 1.82) is 0 Å². The molecule has 4 aromatic rings. The van der Waals surface area contributed by atoms with Crippen molar-refractivity contribution < 1.29 is 9.47 Å². The van der Waals surface area contributed by atoms with Crippen LogP contribution >= 0.6 is 0 Å². The summed E-state index contributed by atoms with van der Waals surface area (Å²) in [6.07, 6.45) is 0. The maximum absolute atomic E-state index is 6.32. The summed E-state index contributed by atoms with van der Waals surface area (Å²) in [7, 11) is 0. The molecule has 0 aliphatic carbocycles. The lowest BCUT2D eigenvalue weighted by Crippen LogP contribution is -2.57. The van der Waals surface area contributed by atoms with Crippen molar-refractivity contribution in [3.05, 3.63) is 91.0 Å². The Balaban J connectivity index is 1.64. The molecule has 2 heterocycles. The molecular formula is C24H15BO2. The molecule has 0 amide bonds. The third-order valence-electron chi connectivity index (χ3n) is 5.40. The fraction of sp³-hybridized carbons (Fsp3) is 0. The molecule has 2 nitrogen and oxygen atoms in total. The highest BCUT2D eigenvalue weighted by molar-refractivity contribution is 6.98. The minimum atomic E-state index is 0.134. The van der Waals surface area contributed by atoms with Crippen molar-refractivity contribution in [2.45, 2.75) is 0 Å². The van der Waals surface area contributed by atoms with E-state index < -0.39 is 0 Å². The van der Waals surface area contributed by atoms with Gasteiger partial charge in [-0.1, -0.05) is 66.7 Å². The number of para-hydroxylation sites is 2. The van der Waals surface area contributed by atoms with Gasteiger partial charge >= 0.3 is 0 Å². The van der Waals surface area contributed by atoms with Crippen LogP contribution in [-0.2, 0) is 0 Å². The Morgan fingerprint density at radius 2 is 1.00 bits per heavy atom. The second-order valence-electron chi connectivity index (χ2n) is 6.97. The summed E-state index contributed by atoms with van der Waals surface area (Å²) in [4.78, 5) is 0. The van der Waals surface area contributed by atoms with Crippen LogP contribution in [0, 0.1) is 0 Å². The summed E-state index contributed by atoms with van der Waals surface area (Å²) in [5.74, 6) is 3.60. The molecule has 0 spiro atoms. The van der Waals surface area contributed by atoms with Crippen LogP contribution in [0.4, 0.5) is 0 Å². The Morgan fingerprint density at radius 3 is 1.59 bits per heavy atom. The van der Waals surface area contributed by atoms with Gasteiger partial charge in [0.1, 0.15) is 23.0 Å². The molecule has 0 saturated carbocycles. The Kier molecular flexibility index (Phi) is 3.00. The van der Waals surface area contributed by atoms with E-state index in [4.69, 9.17) is 9.47 Å². The Hall–Kier alpha value is -3.46. The van der Waals surface area contributed by atoms with Crippen molar-refractivity contribution in [3.8, 4) is 34.1 Å². The van der Waals surface area contributed by atoms with E-state index in [2.05, 4.69) is 60.7 Å². The fourth-order valence-electron chi connectivity index (χ4n) is 4.19. The first kappa shape index (κ1) is 14.7. The van der Waals surface area contributed by atoms with Gasteiger partial charge in [-0.15, -0.1) is 0 Å². The van der Waals surface area contributed by atoms with Gasteiger partial charge in [0, 0.05) is 5.46 Å². The lowest BCUT2D eigenvalue weighted by molar-refractivity contribution is 0.465. The number of fused-ring (bicyclic) bond motifs is 4. The van der Waals surface area contributed by atoms with Crippen molar-refractivity contribution in [2.75, 3.05) is 0 Å². The van der Waals surface area contributed by atoms with Crippen molar-refractivity contribution in [2.24, 2.45) is 0 Å². The first-order valence-corrected chi connectivity index (χ1v) is 9.15. The summed E-state index contributed by atoms with van der Waals surface area (Å²) >= 11 is 0. The van der Waals surface area contributed by atoms with Crippen LogP contribution in [0.15, 0.2) is 91.0 Å². The van der Waals surface area contributed by atoms with Crippen LogP contribution in [0.25, 0.3) is 11.1 Å². The molecule has 126 valence electrons. The van der Waals surface area contributed by atoms with Crippen LogP contribution in [0.1, 0.15) is 0 Å². The third-order valence-corrected chi connectivity index (χ3v) is 5.40. The average Bonchev–Trinajstić information content (AvgIpc) is 2.74. The van der Waals surface area contributed by atoms with E-state index in [-0.39, 0.29) is 6.71 Å². The van der Waals surface area contributed by atoms with Gasteiger partial charge in [0.2, 0.25) is 0 Å². The average molecular weight is 346 g/mol. The zero-order chi connectivity index (χ0) is 17.8. The monoisotopic (exact) mass is 346 g/mol. The number of hydrogen-bond donors (Lipinski definition) is 0. The molecule has 3 heteroatoms. The smallest absolute Gasteiger partial charge is 0.260 e. The zero-order valence-electron chi connectivity index (χ0n) is 14.6. The Morgan fingerprint density at radius 1 is 0.481 bits per heavy atom. The second-order valence-corrected chi connectivity index (χ2v) is 6.97. The summed E-state index contributed by atoms with van der Waals surface area (Å²) in [6.45, 7) is 0.134. The molecule has 0 bridgehead atoms. The molecule has 4 aromatic carbocycles. The van der Waals surface area contributed by atoms with Crippen LogP contribution in [0.5, 0.6) is 23.0 Å². The van der Waals surface area contributed by atoms with Crippen LogP contribution in [0.2, 0.25) is 0 Å². The van der Waals surface area contributed by atoms with Crippen LogP contribution < -0.4 is 25.9 Å². The van der Waals surface area contributed by atoms with Gasteiger partial charge < -0.3 is 9.47 Å². The topological polar surface area (TPSA) is 18.5 Å². The summed E-state index contributed by atoms with van der Waals surface area (Å²) in [5, 5.41) is 0. The van der Waals surface area contributed by atoms with Crippen molar-refractivity contribution in [1.82, 2.24) is 0 Å². The van der Waals surface area contributed by atoms with Gasteiger partial charge in [-0.05, 0) is 46.3 Å². The summed E-state index contributed by atoms with van der Waals surface area (Å²) < 4.78 is 12.6. The number of hydrogen-bond acceptors (Lipinski definition) is 2. The normalized spacial score (nSPS) is 13.0. The highest BCUT2D eigenvalue weighted by Gasteiger charge is 2.39. The van der Waals surface area contributed by atoms with Crippen molar-refractivity contribution in [3.63, 3.8) is 0 Å². The van der Waals surface area contributed by atoms with E-state index in [0.29, 0.717) is 0 Å².